The molecule has 1 aromatic heterocycles. The van der Waals surface area contributed by atoms with E-state index in [1.807, 2.05) is 19.1 Å². The minimum atomic E-state index is -0.202. The molecule has 0 aliphatic carbocycles. The molecule has 2 N–H and O–H groups in total. The average Bonchev–Trinajstić information content (AvgIpc) is 3.00. The molecule has 1 aliphatic rings. The summed E-state index contributed by atoms with van der Waals surface area (Å²) in [6.07, 6.45) is 1.69. The number of carbonyl (C=O) groups is 1. The molecule has 106 valence electrons. The van der Waals surface area contributed by atoms with Gasteiger partial charge < -0.3 is 14.8 Å². The zero-order valence-corrected chi connectivity index (χ0v) is 12.0. The number of amidine groups is 1. The van der Waals surface area contributed by atoms with E-state index in [1.54, 1.807) is 30.3 Å². The van der Waals surface area contributed by atoms with Crippen molar-refractivity contribution in [1.82, 2.24) is 5.32 Å². The number of carbonyl (C=O) groups excluding carboxylic acids is 1. The monoisotopic (exact) mass is 300 g/mol. The van der Waals surface area contributed by atoms with Crippen LogP contribution in [-0.2, 0) is 4.79 Å². The van der Waals surface area contributed by atoms with Crippen LogP contribution in [0.3, 0.4) is 0 Å². The van der Waals surface area contributed by atoms with E-state index < -0.39 is 0 Å². The molecule has 0 spiro atoms. The van der Waals surface area contributed by atoms with Gasteiger partial charge >= 0.3 is 0 Å². The molecular weight excluding hydrogens is 288 g/mol. The maximum Gasteiger partial charge on any atom is 0.264 e. The van der Waals surface area contributed by atoms with Gasteiger partial charge in [-0.2, -0.15) is 0 Å². The Hall–Kier alpha value is -2.47. The molecule has 5 nitrogen and oxygen atoms in total. The van der Waals surface area contributed by atoms with E-state index in [-0.39, 0.29) is 11.7 Å². The SMILES string of the molecule is Cc1ccc(/C=C2/SC(=Nc3ccc(O)cc3)NC2=O)o1. The second-order valence-electron chi connectivity index (χ2n) is 4.45. The standard InChI is InChI=1S/C15H12N2O3S/c1-9-2-7-12(20-9)8-13-14(19)17-15(21-13)16-10-3-5-11(18)6-4-10/h2-8,18H,1H3,(H,16,17,19)/b13-8+. The van der Waals surface area contributed by atoms with Crippen LogP contribution < -0.4 is 5.32 Å². The fraction of sp³-hybridized carbons (Fsp3) is 0.0667. The highest BCUT2D eigenvalue weighted by Gasteiger charge is 2.24. The maximum absolute atomic E-state index is 11.9. The number of benzene rings is 1. The maximum atomic E-state index is 11.9. The molecule has 3 rings (SSSR count). The molecule has 1 aliphatic heterocycles. The summed E-state index contributed by atoms with van der Waals surface area (Å²) in [4.78, 5) is 16.7. The van der Waals surface area contributed by atoms with Crippen molar-refractivity contribution in [3.8, 4) is 5.75 Å². The fourth-order valence-electron chi connectivity index (χ4n) is 1.79. The summed E-state index contributed by atoms with van der Waals surface area (Å²) in [6.45, 7) is 1.85. The first-order chi connectivity index (χ1) is 10.1. The van der Waals surface area contributed by atoms with E-state index in [4.69, 9.17) is 4.42 Å². The molecule has 0 bridgehead atoms. The molecule has 1 amide bonds. The molecule has 1 saturated heterocycles. The van der Waals surface area contributed by atoms with Crippen molar-refractivity contribution in [2.45, 2.75) is 6.92 Å². The van der Waals surface area contributed by atoms with Crippen molar-refractivity contribution in [3.05, 3.63) is 52.8 Å². The van der Waals surface area contributed by atoms with E-state index >= 15 is 0 Å². The zero-order chi connectivity index (χ0) is 14.8. The quantitative estimate of drug-likeness (QED) is 0.835. The van der Waals surface area contributed by atoms with Crippen LogP contribution in [0.5, 0.6) is 5.75 Å². The van der Waals surface area contributed by atoms with Gasteiger partial charge in [0.2, 0.25) is 0 Å². The molecular formula is C15H12N2O3S. The lowest BCUT2D eigenvalue weighted by atomic mass is 10.3. The van der Waals surface area contributed by atoms with Crippen LogP contribution in [0.4, 0.5) is 5.69 Å². The van der Waals surface area contributed by atoms with Crippen LogP contribution in [-0.4, -0.2) is 16.2 Å². The lowest BCUT2D eigenvalue weighted by Crippen LogP contribution is -2.19. The number of thioether (sulfide) groups is 1. The Kier molecular flexibility index (Phi) is 3.53. The topological polar surface area (TPSA) is 74.8 Å². The Morgan fingerprint density at radius 3 is 2.67 bits per heavy atom. The third kappa shape index (κ3) is 3.17. The molecule has 0 atom stereocenters. The smallest absolute Gasteiger partial charge is 0.264 e. The Labute approximate surface area is 125 Å². The number of aliphatic imine (C=N–C) groups is 1. The summed E-state index contributed by atoms with van der Waals surface area (Å²) in [6, 6.07) is 10.1. The number of furan rings is 1. The number of hydrogen-bond acceptors (Lipinski definition) is 5. The minimum Gasteiger partial charge on any atom is -0.508 e. The second kappa shape index (κ2) is 5.49. The number of amides is 1. The first kappa shape index (κ1) is 13.5. The van der Waals surface area contributed by atoms with E-state index in [2.05, 4.69) is 10.3 Å². The fourth-order valence-corrected chi connectivity index (χ4v) is 2.61. The highest BCUT2D eigenvalue weighted by atomic mass is 32.2. The Morgan fingerprint density at radius 1 is 1.24 bits per heavy atom. The lowest BCUT2D eigenvalue weighted by molar-refractivity contribution is -0.115. The summed E-state index contributed by atoms with van der Waals surface area (Å²) in [5, 5.41) is 12.4. The highest BCUT2D eigenvalue weighted by molar-refractivity contribution is 8.18. The van der Waals surface area contributed by atoms with Gasteiger partial charge in [0.15, 0.2) is 5.17 Å². The second-order valence-corrected chi connectivity index (χ2v) is 5.48. The Balaban J connectivity index is 1.81. The van der Waals surface area contributed by atoms with E-state index in [9.17, 15) is 9.90 Å². The van der Waals surface area contributed by atoms with Crippen LogP contribution >= 0.6 is 11.8 Å². The first-order valence-electron chi connectivity index (χ1n) is 6.25. The number of aromatic hydroxyl groups is 1. The number of rotatable bonds is 2. The molecule has 0 radical (unpaired) electrons. The molecule has 21 heavy (non-hydrogen) atoms. The molecule has 0 saturated carbocycles. The number of hydrogen-bond donors (Lipinski definition) is 2. The predicted molar refractivity (Wildman–Crippen MR) is 82.4 cm³/mol. The first-order valence-corrected chi connectivity index (χ1v) is 7.07. The third-order valence-electron chi connectivity index (χ3n) is 2.77. The predicted octanol–water partition coefficient (Wildman–Crippen LogP) is 3.19. The van der Waals surface area contributed by atoms with Gasteiger partial charge in [0.1, 0.15) is 17.3 Å². The van der Waals surface area contributed by atoms with Gasteiger partial charge in [-0.1, -0.05) is 0 Å². The summed E-state index contributed by atoms with van der Waals surface area (Å²) in [5.41, 5.74) is 0.658. The Morgan fingerprint density at radius 2 is 2.00 bits per heavy atom. The van der Waals surface area contributed by atoms with Crippen LogP contribution in [0, 0.1) is 6.92 Å². The number of nitrogens with one attached hydrogen (secondary N) is 1. The van der Waals surface area contributed by atoms with Crippen LogP contribution in [0.25, 0.3) is 6.08 Å². The van der Waals surface area contributed by atoms with Gasteiger partial charge in [0.25, 0.3) is 5.91 Å². The molecule has 0 unspecified atom stereocenters. The molecule has 1 fully saturated rings. The van der Waals surface area contributed by atoms with Crippen LogP contribution in [0.15, 0.2) is 50.7 Å². The normalized spacial score (nSPS) is 18.4. The molecule has 2 aromatic rings. The van der Waals surface area contributed by atoms with Crippen LogP contribution in [0.1, 0.15) is 11.5 Å². The number of phenolic OH excluding ortho intramolecular Hbond substituents is 1. The van der Waals surface area contributed by atoms with E-state index in [1.165, 1.54) is 11.8 Å². The summed E-state index contributed by atoms with van der Waals surface area (Å²) in [7, 11) is 0. The summed E-state index contributed by atoms with van der Waals surface area (Å²) < 4.78 is 5.42. The molecule has 2 heterocycles. The van der Waals surface area contributed by atoms with Crippen LogP contribution in [0.2, 0.25) is 0 Å². The summed E-state index contributed by atoms with van der Waals surface area (Å²) >= 11 is 1.25. The van der Waals surface area contributed by atoms with Gasteiger partial charge in [-0.3, -0.25) is 4.79 Å². The molecule has 1 aromatic carbocycles. The van der Waals surface area contributed by atoms with Gasteiger partial charge in [0, 0.05) is 6.08 Å². The van der Waals surface area contributed by atoms with Gasteiger partial charge in [0.05, 0.1) is 10.6 Å². The van der Waals surface area contributed by atoms with Gasteiger partial charge in [-0.25, -0.2) is 4.99 Å². The van der Waals surface area contributed by atoms with Gasteiger partial charge in [-0.05, 0) is 55.1 Å². The van der Waals surface area contributed by atoms with Crippen molar-refractivity contribution in [3.63, 3.8) is 0 Å². The summed E-state index contributed by atoms with van der Waals surface area (Å²) in [5.74, 6) is 1.40. The van der Waals surface area contributed by atoms with Crippen molar-refractivity contribution >= 4 is 34.6 Å². The van der Waals surface area contributed by atoms with Crippen molar-refractivity contribution in [2.75, 3.05) is 0 Å². The average molecular weight is 300 g/mol. The molecule has 6 heteroatoms. The van der Waals surface area contributed by atoms with Crippen molar-refractivity contribution in [2.24, 2.45) is 4.99 Å². The number of phenols is 1. The lowest BCUT2D eigenvalue weighted by Gasteiger charge is -1.96. The highest BCUT2D eigenvalue weighted by Crippen LogP contribution is 2.28. The third-order valence-corrected chi connectivity index (χ3v) is 3.68. The zero-order valence-electron chi connectivity index (χ0n) is 11.2. The van der Waals surface area contributed by atoms with Crippen molar-refractivity contribution in [1.29, 1.82) is 0 Å². The van der Waals surface area contributed by atoms with E-state index in [0.717, 1.165) is 5.76 Å². The minimum absolute atomic E-state index is 0.177. The largest absolute Gasteiger partial charge is 0.508 e. The van der Waals surface area contributed by atoms with Crippen molar-refractivity contribution < 1.29 is 14.3 Å². The van der Waals surface area contributed by atoms with Gasteiger partial charge in [-0.15, -0.1) is 0 Å². The van der Waals surface area contributed by atoms with E-state index in [0.29, 0.717) is 21.5 Å². The Bertz CT molecular complexity index is 745. The number of nitrogens with zero attached hydrogens (tertiary/aromatic N) is 1. The number of aryl methyl sites for hydroxylation is 1.